The van der Waals surface area contributed by atoms with Gasteiger partial charge in [0.15, 0.2) is 0 Å². The molecule has 2 heterocycles. The lowest BCUT2D eigenvalue weighted by Crippen LogP contribution is -2.29. The van der Waals surface area contributed by atoms with Gasteiger partial charge in [0.1, 0.15) is 12.0 Å². The smallest absolute Gasteiger partial charge is 0.270 e. The van der Waals surface area contributed by atoms with Crippen molar-refractivity contribution >= 4 is 5.91 Å². The number of carbonyl (C=O) groups excluding carboxylic acids is 1. The van der Waals surface area contributed by atoms with E-state index in [4.69, 9.17) is 0 Å². The molecular formula is C14H19N5O. The van der Waals surface area contributed by atoms with Crippen molar-refractivity contribution in [2.45, 2.75) is 34.2 Å². The number of nitrogens with zero attached hydrogens (tertiary/aromatic N) is 4. The number of amides is 1. The van der Waals surface area contributed by atoms with E-state index in [-0.39, 0.29) is 5.91 Å². The number of nitrogens with one attached hydrogen (secondary N) is 1. The second-order valence-corrected chi connectivity index (χ2v) is 4.84. The molecule has 0 fully saturated rings. The lowest BCUT2D eigenvalue weighted by atomic mass is 10.2. The van der Waals surface area contributed by atoms with Crippen LogP contribution in [-0.2, 0) is 6.54 Å². The summed E-state index contributed by atoms with van der Waals surface area (Å²) in [6.07, 6.45) is 1.41. The molecule has 0 aliphatic carbocycles. The van der Waals surface area contributed by atoms with Gasteiger partial charge >= 0.3 is 0 Å². The van der Waals surface area contributed by atoms with Crippen LogP contribution in [0.15, 0.2) is 12.4 Å². The number of rotatable bonds is 4. The van der Waals surface area contributed by atoms with Crippen LogP contribution in [0.5, 0.6) is 0 Å². The Morgan fingerprint density at radius 2 is 2.00 bits per heavy atom. The monoisotopic (exact) mass is 273 g/mol. The summed E-state index contributed by atoms with van der Waals surface area (Å²) in [5.41, 5.74) is 4.15. The fraction of sp³-hybridized carbons (Fsp3) is 0.429. The van der Waals surface area contributed by atoms with E-state index in [0.29, 0.717) is 18.8 Å². The van der Waals surface area contributed by atoms with Gasteiger partial charge in [-0.15, -0.1) is 0 Å². The standard InChI is InChI=1S/C14H19N5O/c1-9-7-10(2)19(18-9)6-5-15-14(20)13-11(3)12(4)16-8-17-13/h7-8H,5-6H2,1-4H3,(H,15,20). The lowest BCUT2D eigenvalue weighted by Gasteiger charge is -2.08. The maximum absolute atomic E-state index is 12.1. The number of aromatic nitrogens is 4. The first-order valence-electron chi connectivity index (χ1n) is 6.56. The van der Waals surface area contributed by atoms with Gasteiger partial charge in [-0.1, -0.05) is 0 Å². The number of carbonyl (C=O) groups is 1. The topological polar surface area (TPSA) is 72.7 Å². The normalized spacial score (nSPS) is 10.6. The molecule has 1 amide bonds. The molecule has 0 aromatic carbocycles. The van der Waals surface area contributed by atoms with E-state index >= 15 is 0 Å². The highest BCUT2D eigenvalue weighted by Crippen LogP contribution is 2.06. The molecule has 106 valence electrons. The van der Waals surface area contributed by atoms with Gasteiger partial charge in [-0.05, 0) is 33.8 Å². The van der Waals surface area contributed by atoms with Crippen molar-refractivity contribution in [1.82, 2.24) is 25.1 Å². The van der Waals surface area contributed by atoms with Crippen molar-refractivity contribution in [3.8, 4) is 0 Å². The van der Waals surface area contributed by atoms with E-state index < -0.39 is 0 Å². The zero-order valence-corrected chi connectivity index (χ0v) is 12.3. The third-order valence-electron chi connectivity index (χ3n) is 3.26. The Hall–Kier alpha value is -2.24. The molecule has 1 N–H and O–H groups in total. The van der Waals surface area contributed by atoms with Gasteiger partial charge in [-0.3, -0.25) is 9.48 Å². The molecule has 0 bridgehead atoms. The number of hydrogen-bond donors (Lipinski definition) is 1. The summed E-state index contributed by atoms with van der Waals surface area (Å²) in [6, 6.07) is 2.01. The zero-order chi connectivity index (χ0) is 14.7. The first-order valence-corrected chi connectivity index (χ1v) is 6.56. The Bertz CT molecular complexity index is 632. The first kappa shape index (κ1) is 14.2. The van der Waals surface area contributed by atoms with Gasteiger partial charge in [0.05, 0.1) is 12.2 Å². The zero-order valence-electron chi connectivity index (χ0n) is 12.3. The van der Waals surface area contributed by atoms with Crippen LogP contribution in [0.2, 0.25) is 0 Å². The molecule has 2 rings (SSSR count). The van der Waals surface area contributed by atoms with E-state index in [0.717, 1.165) is 22.6 Å². The van der Waals surface area contributed by atoms with Crippen molar-refractivity contribution < 1.29 is 4.79 Å². The number of aryl methyl sites for hydroxylation is 3. The van der Waals surface area contributed by atoms with Crippen molar-refractivity contribution in [2.24, 2.45) is 0 Å². The molecule has 0 radical (unpaired) electrons. The number of hydrogen-bond acceptors (Lipinski definition) is 4. The SMILES string of the molecule is Cc1cc(C)n(CCNC(=O)c2ncnc(C)c2C)n1. The van der Waals surface area contributed by atoms with Gasteiger partial charge in [-0.25, -0.2) is 9.97 Å². The third kappa shape index (κ3) is 3.01. The maximum Gasteiger partial charge on any atom is 0.270 e. The molecule has 0 spiro atoms. The average molecular weight is 273 g/mol. The molecule has 0 saturated heterocycles. The maximum atomic E-state index is 12.1. The highest BCUT2D eigenvalue weighted by Gasteiger charge is 2.12. The average Bonchev–Trinajstić information content (AvgIpc) is 2.71. The molecule has 0 aliphatic rings. The molecular weight excluding hydrogens is 254 g/mol. The Balaban J connectivity index is 1.96. The van der Waals surface area contributed by atoms with Crippen LogP contribution in [0.25, 0.3) is 0 Å². The molecule has 0 atom stereocenters. The van der Waals surface area contributed by atoms with E-state index in [1.807, 2.05) is 38.4 Å². The Kier molecular flexibility index (Phi) is 4.12. The Labute approximate surface area is 118 Å². The molecule has 0 unspecified atom stereocenters. The van der Waals surface area contributed by atoms with Gasteiger partial charge in [0.25, 0.3) is 5.91 Å². The fourth-order valence-corrected chi connectivity index (χ4v) is 2.03. The van der Waals surface area contributed by atoms with Crippen LogP contribution in [-0.4, -0.2) is 32.2 Å². The van der Waals surface area contributed by atoms with Gasteiger partial charge in [-0.2, -0.15) is 5.10 Å². The molecule has 6 nitrogen and oxygen atoms in total. The first-order chi connectivity index (χ1) is 9.49. The van der Waals surface area contributed by atoms with Crippen LogP contribution in [0.4, 0.5) is 0 Å². The third-order valence-corrected chi connectivity index (χ3v) is 3.26. The lowest BCUT2D eigenvalue weighted by molar-refractivity contribution is 0.0946. The molecule has 2 aromatic heterocycles. The van der Waals surface area contributed by atoms with Crippen LogP contribution < -0.4 is 5.32 Å². The second-order valence-electron chi connectivity index (χ2n) is 4.84. The molecule has 20 heavy (non-hydrogen) atoms. The summed E-state index contributed by atoms with van der Waals surface area (Å²) in [6.45, 7) is 8.83. The van der Waals surface area contributed by atoms with Crippen LogP contribution in [0, 0.1) is 27.7 Å². The van der Waals surface area contributed by atoms with Crippen LogP contribution in [0.1, 0.15) is 33.1 Å². The van der Waals surface area contributed by atoms with E-state index in [2.05, 4.69) is 20.4 Å². The summed E-state index contributed by atoms with van der Waals surface area (Å²) in [5.74, 6) is -0.172. The predicted octanol–water partition coefficient (Wildman–Crippen LogP) is 1.34. The summed E-state index contributed by atoms with van der Waals surface area (Å²) in [5, 5.41) is 7.21. The van der Waals surface area contributed by atoms with Crippen molar-refractivity contribution in [2.75, 3.05) is 6.54 Å². The predicted molar refractivity (Wildman–Crippen MR) is 75.5 cm³/mol. The van der Waals surface area contributed by atoms with Gasteiger partial charge in [0, 0.05) is 23.5 Å². The highest BCUT2D eigenvalue weighted by molar-refractivity contribution is 5.93. The largest absolute Gasteiger partial charge is 0.349 e. The molecule has 2 aromatic rings. The minimum atomic E-state index is -0.172. The van der Waals surface area contributed by atoms with Crippen LogP contribution >= 0.6 is 0 Å². The van der Waals surface area contributed by atoms with Crippen molar-refractivity contribution in [1.29, 1.82) is 0 Å². The van der Waals surface area contributed by atoms with E-state index in [9.17, 15) is 4.79 Å². The van der Waals surface area contributed by atoms with E-state index in [1.54, 1.807) is 0 Å². The van der Waals surface area contributed by atoms with Crippen LogP contribution in [0.3, 0.4) is 0 Å². The summed E-state index contributed by atoms with van der Waals surface area (Å²) >= 11 is 0. The summed E-state index contributed by atoms with van der Waals surface area (Å²) in [7, 11) is 0. The Morgan fingerprint density at radius 3 is 2.65 bits per heavy atom. The second kappa shape index (κ2) is 5.81. The fourth-order valence-electron chi connectivity index (χ4n) is 2.03. The molecule has 6 heteroatoms. The Morgan fingerprint density at radius 1 is 1.25 bits per heavy atom. The van der Waals surface area contributed by atoms with Gasteiger partial charge in [0.2, 0.25) is 0 Å². The quantitative estimate of drug-likeness (QED) is 0.912. The minimum Gasteiger partial charge on any atom is -0.349 e. The summed E-state index contributed by atoms with van der Waals surface area (Å²) in [4.78, 5) is 20.2. The minimum absolute atomic E-state index is 0.172. The van der Waals surface area contributed by atoms with Crippen molar-refractivity contribution in [3.63, 3.8) is 0 Å². The van der Waals surface area contributed by atoms with Crippen molar-refractivity contribution in [3.05, 3.63) is 40.7 Å². The highest BCUT2D eigenvalue weighted by atomic mass is 16.1. The molecule has 0 aliphatic heterocycles. The van der Waals surface area contributed by atoms with E-state index in [1.165, 1.54) is 6.33 Å². The van der Waals surface area contributed by atoms with Gasteiger partial charge < -0.3 is 5.32 Å². The summed E-state index contributed by atoms with van der Waals surface area (Å²) < 4.78 is 1.88. The molecule has 0 saturated carbocycles.